The molecule has 0 unspecified atom stereocenters. The Labute approximate surface area is 344 Å². The number of primary sulfonamides is 2. The summed E-state index contributed by atoms with van der Waals surface area (Å²) in [7, 11) is -9.32. The number of carbonyl (C=O) groups excluding carboxylic acids is 2. The molecule has 0 aliphatic carbocycles. The van der Waals surface area contributed by atoms with E-state index in [1.165, 1.54) is 36.4 Å². The molecule has 6 aromatic carbocycles. The number of nitrogens with two attached hydrogens (primary N) is 2. The Bertz CT molecular complexity index is 2610. The van der Waals surface area contributed by atoms with E-state index in [2.05, 4.69) is 15.9 Å². The number of benzene rings is 6. The number of carbonyl (C=O) groups is 2. The zero-order chi connectivity index (χ0) is 41.4. The third-order valence-corrected chi connectivity index (χ3v) is 11.5. The molecule has 10 nitrogen and oxygen atoms in total. The van der Waals surface area contributed by atoms with E-state index in [1.54, 1.807) is 48.5 Å². The monoisotopic (exact) mass is 894 g/mol. The predicted molar refractivity (Wildman–Crippen MR) is 224 cm³/mol. The van der Waals surface area contributed by atoms with Gasteiger partial charge in [0.15, 0.2) is 11.6 Å². The van der Waals surface area contributed by atoms with E-state index in [1.807, 2.05) is 62.4 Å². The number of hydrogen-bond donors (Lipinski definition) is 4. The molecule has 6 rings (SSSR count). The van der Waals surface area contributed by atoms with Crippen molar-refractivity contribution in [2.24, 2.45) is 10.3 Å². The third-order valence-electron chi connectivity index (χ3n) is 8.18. The zero-order valence-electron chi connectivity index (χ0n) is 29.7. The van der Waals surface area contributed by atoms with Crippen LogP contribution >= 0.6 is 39.1 Å². The summed E-state index contributed by atoms with van der Waals surface area (Å²) in [5.74, 6) is -0.609. The van der Waals surface area contributed by atoms with Crippen LogP contribution in [0.5, 0.6) is 0 Å². The fourth-order valence-corrected chi connectivity index (χ4v) is 7.64. The molecule has 0 saturated carbocycles. The Hall–Kier alpha value is -4.48. The molecule has 0 aromatic heterocycles. The second-order valence-corrected chi connectivity index (χ2v) is 17.0. The van der Waals surface area contributed by atoms with Crippen molar-refractivity contribution in [2.45, 2.75) is 23.6 Å². The quantitative estimate of drug-likeness (QED) is 0.0941. The Morgan fingerprint density at radius 1 is 0.571 bits per heavy atom. The van der Waals surface area contributed by atoms with Crippen LogP contribution in [0.1, 0.15) is 43.0 Å². The first-order valence-corrected chi connectivity index (χ1v) is 21.0. The maximum atomic E-state index is 12.7. The molecule has 0 heterocycles. The van der Waals surface area contributed by atoms with Gasteiger partial charge in [0.25, 0.3) is 0 Å². The molecule has 0 aliphatic heterocycles. The van der Waals surface area contributed by atoms with Crippen LogP contribution in [0.25, 0.3) is 11.1 Å². The molecular formula is C40H34BBrCl2N2O8S2. The lowest BCUT2D eigenvalue weighted by atomic mass is 9.77. The first-order chi connectivity index (χ1) is 26.3. The van der Waals surface area contributed by atoms with Gasteiger partial charge in [-0.15, -0.1) is 0 Å². The fraction of sp³-hybridized carbons (Fsp3) is 0.0500. The summed E-state index contributed by atoms with van der Waals surface area (Å²) < 4.78 is 46.8. The lowest BCUT2D eigenvalue weighted by Gasteiger charge is -2.08. The number of ketones is 2. The lowest BCUT2D eigenvalue weighted by molar-refractivity contribution is 0.103. The standard InChI is InChI=1S/C20H16ClNO3S.C13H9BrClNO3S.C7H9BO2/c1-13-4-2-3-5-17(13)14-6-8-15(9-7-14)20(23)16-10-11-18(21)19(12-16)26(22,24)25;14-10-4-1-8(2-5-10)13(17)9-3-6-11(15)12(7-9)20(16,18)19;1-6-4-2-3-5-7(6)8(9)10/h2-12H,1H3,(H2,22,24,25);1-7H,(H2,16,18,19);2-5,9-10H,1H3. The van der Waals surface area contributed by atoms with Crippen molar-refractivity contribution in [1.29, 1.82) is 0 Å². The maximum Gasteiger partial charge on any atom is 0.488 e. The molecule has 0 aliphatic rings. The van der Waals surface area contributed by atoms with Crippen LogP contribution in [0.15, 0.2) is 148 Å². The van der Waals surface area contributed by atoms with E-state index in [0.717, 1.165) is 26.7 Å². The number of rotatable bonds is 8. The van der Waals surface area contributed by atoms with Gasteiger partial charge in [0, 0.05) is 26.7 Å². The van der Waals surface area contributed by atoms with E-state index in [4.69, 9.17) is 43.5 Å². The molecule has 288 valence electrons. The molecule has 16 heteroatoms. The summed E-state index contributed by atoms with van der Waals surface area (Å²) in [5.41, 5.74) is 6.02. The lowest BCUT2D eigenvalue weighted by Crippen LogP contribution is -2.31. The highest BCUT2D eigenvalue weighted by molar-refractivity contribution is 9.10. The summed E-state index contributed by atoms with van der Waals surface area (Å²) in [6, 6.07) is 37.1. The number of hydrogen-bond acceptors (Lipinski definition) is 8. The van der Waals surface area contributed by atoms with Gasteiger partial charge in [-0.1, -0.05) is 117 Å². The van der Waals surface area contributed by atoms with E-state index in [0.29, 0.717) is 16.6 Å². The summed E-state index contributed by atoms with van der Waals surface area (Å²) in [6.07, 6.45) is 0. The summed E-state index contributed by atoms with van der Waals surface area (Å²) in [4.78, 5) is 24.4. The zero-order valence-corrected chi connectivity index (χ0v) is 34.5. The average Bonchev–Trinajstić information content (AvgIpc) is 3.15. The normalized spacial score (nSPS) is 11.0. The highest BCUT2D eigenvalue weighted by atomic mass is 79.9. The SMILES string of the molecule is Cc1ccccc1-c1ccc(C(=O)c2ccc(Cl)c(S(N)(=O)=O)c2)cc1.Cc1ccccc1B(O)O.NS(=O)(=O)c1cc(C(=O)c2ccc(Br)cc2)ccc1Cl. The second-order valence-electron chi connectivity index (χ2n) is 12.2. The molecular weight excluding hydrogens is 862 g/mol. The molecule has 0 bridgehead atoms. The van der Waals surface area contributed by atoms with Gasteiger partial charge in [-0.05, 0) is 96.7 Å². The van der Waals surface area contributed by atoms with Crippen molar-refractivity contribution in [3.8, 4) is 11.1 Å². The van der Waals surface area contributed by atoms with Gasteiger partial charge >= 0.3 is 7.12 Å². The van der Waals surface area contributed by atoms with Gasteiger partial charge in [-0.2, -0.15) is 0 Å². The topological polar surface area (TPSA) is 195 Å². The number of halogens is 3. The van der Waals surface area contributed by atoms with Gasteiger partial charge in [0.1, 0.15) is 9.79 Å². The maximum absolute atomic E-state index is 12.7. The average molecular weight is 896 g/mol. The Balaban J connectivity index is 0.000000205. The Morgan fingerprint density at radius 2 is 0.964 bits per heavy atom. The van der Waals surface area contributed by atoms with Gasteiger partial charge in [-0.25, -0.2) is 27.1 Å². The number of sulfonamides is 2. The van der Waals surface area contributed by atoms with E-state index < -0.39 is 27.2 Å². The molecule has 0 radical (unpaired) electrons. The van der Waals surface area contributed by atoms with Crippen molar-refractivity contribution >= 4 is 83.3 Å². The van der Waals surface area contributed by atoms with Crippen molar-refractivity contribution < 1.29 is 36.5 Å². The van der Waals surface area contributed by atoms with E-state index in [9.17, 15) is 26.4 Å². The number of aryl methyl sites for hydroxylation is 2. The molecule has 6 N–H and O–H groups in total. The highest BCUT2D eigenvalue weighted by Gasteiger charge is 2.19. The molecule has 0 amide bonds. The van der Waals surface area contributed by atoms with Gasteiger partial charge < -0.3 is 10.0 Å². The molecule has 0 fully saturated rings. The highest BCUT2D eigenvalue weighted by Crippen LogP contribution is 2.27. The van der Waals surface area contributed by atoms with Gasteiger partial charge in [0.05, 0.1) is 10.0 Å². The van der Waals surface area contributed by atoms with Crippen LogP contribution in [0, 0.1) is 13.8 Å². The second kappa shape index (κ2) is 19.1. The van der Waals surface area contributed by atoms with Crippen molar-refractivity contribution in [1.82, 2.24) is 0 Å². The summed E-state index contributed by atoms with van der Waals surface area (Å²) >= 11 is 14.9. The van der Waals surface area contributed by atoms with Crippen LogP contribution < -0.4 is 15.7 Å². The van der Waals surface area contributed by atoms with Crippen LogP contribution in [0.2, 0.25) is 10.0 Å². The van der Waals surface area contributed by atoms with E-state index >= 15 is 0 Å². The Morgan fingerprint density at radius 3 is 1.36 bits per heavy atom. The molecule has 0 saturated heterocycles. The third kappa shape index (κ3) is 11.8. The van der Waals surface area contributed by atoms with Crippen LogP contribution in [-0.2, 0) is 20.0 Å². The predicted octanol–water partition coefficient (Wildman–Crippen LogP) is 6.85. The van der Waals surface area contributed by atoms with Crippen LogP contribution in [0.3, 0.4) is 0 Å². The molecule has 6 aromatic rings. The minimum atomic E-state index is -4.00. The minimum absolute atomic E-state index is 0.0140. The van der Waals surface area contributed by atoms with Crippen molar-refractivity contribution in [3.63, 3.8) is 0 Å². The summed E-state index contributed by atoms with van der Waals surface area (Å²) in [6.45, 7) is 3.87. The molecule has 56 heavy (non-hydrogen) atoms. The largest absolute Gasteiger partial charge is 0.488 e. The summed E-state index contributed by atoms with van der Waals surface area (Å²) in [5, 5.41) is 27.7. The van der Waals surface area contributed by atoms with Crippen LogP contribution in [-0.4, -0.2) is 45.6 Å². The van der Waals surface area contributed by atoms with E-state index in [-0.39, 0.29) is 42.5 Å². The smallest absolute Gasteiger partial charge is 0.423 e. The van der Waals surface area contributed by atoms with Gasteiger partial charge in [-0.3, -0.25) is 9.59 Å². The molecule has 0 atom stereocenters. The van der Waals surface area contributed by atoms with Crippen LogP contribution in [0.4, 0.5) is 0 Å². The Kier molecular flexibility index (Phi) is 15.1. The first kappa shape index (κ1) is 44.2. The fourth-order valence-electron chi connectivity index (χ4n) is 5.23. The van der Waals surface area contributed by atoms with Crippen molar-refractivity contribution in [2.75, 3.05) is 0 Å². The minimum Gasteiger partial charge on any atom is -0.423 e. The molecule has 0 spiro atoms. The first-order valence-electron chi connectivity index (χ1n) is 16.4. The van der Waals surface area contributed by atoms with Gasteiger partial charge in [0.2, 0.25) is 20.0 Å². The van der Waals surface area contributed by atoms with Crippen molar-refractivity contribution in [3.05, 3.63) is 181 Å².